The molecule has 2 rings (SSSR count). The van der Waals surface area contributed by atoms with Gasteiger partial charge in [0.15, 0.2) is 0 Å². The molecule has 0 N–H and O–H groups in total. The van der Waals surface area contributed by atoms with Gasteiger partial charge in [-0.2, -0.15) is 0 Å². The molecule has 0 fully saturated rings. The summed E-state index contributed by atoms with van der Waals surface area (Å²) in [5.74, 6) is 1.36. The van der Waals surface area contributed by atoms with Gasteiger partial charge < -0.3 is 4.74 Å². The lowest BCUT2D eigenvalue weighted by Crippen LogP contribution is -1.89. The molecule has 1 aromatic heterocycles. The Bertz CT molecular complexity index is 451. The Balaban J connectivity index is 2.28. The van der Waals surface area contributed by atoms with Gasteiger partial charge in [-0.15, -0.1) is 0 Å². The fraction of sp³-hybridized carbons (Fsp3) is 0. The molecule has 2 aromatic rings. The first kappa shape index (κ1) is 9.46. The maximum absolute atomic E-state index is 5.62. The molecule has 0 atom stereocenters. The minimum Gasteiger partial charge on any atom is -0.438 e. The van der Waals surface area contributed by atoms with Gasteiger partial charge in [0.25, 0.3) is 0 Å². The van der Waals surface area contributed by atoms with Crippen molar-refractivity contribution >= 4 is 6.08 Å². The van der Waals surface area contributed by atoms with Crippen molar-refractivity contribution in [1.82, 2.24) is 4.98 Å². The summed E-state index contributed by atoms with van der Waals surface area (Å²) in [7, 11) is 0. The van der Waals surface area contributed by atoms with Gasteiger partial charge in [0.1, 0.15) is 5.75 Å². The topological polar surface area (TPSA) is 22.1 Å². The van der Waals surface area contributed by atoms with E-state index in [1.807, 2.05) is 42.5 Å². The maximum Gasteiger partial charge on any atom is 0.226 e. The van der Waals surface area contributed by atoms with E-state index in [1.165, 1.54) is 0 Å². The van der Waals surface area contributed by atoms with Crippen LogP contribution in [0, 0.1) is 0 Å². The van der Waals surface area contributed by atoms with E-state index in [9.17, 15) is 0 Å². The molecule has 0 bridgehead atoms. The molecule has 0 aliphatic carbocycles. The van der Waals surface area contributed by atoms with Crippen molar-refractivity contribution in [3.63, 3.8) is 0 Å². The van der Waals surface area contributed by atoms with Crippen molar-refractivity contribution < 1.29 is 4.74 Å². The van der Waals surface area contributed by atoms with Crippen LogP contribution >= 0.6 is 0 Å². The average Bonchev–Trinajstić information content (AvgIpc) is 2.31. The zero-order valence-corrected chi connectivity index (χ0v) is 8.26. The molecular formula is C13H11NO. The SMILES string of the molecule is C=Cc1cccnc1Oc1ccccc1. The lowest BCUT2D eigenvalue weighted by molar-refractivity contribution is 0.462. The Hall–Kier alpha value is -2.09. The third-order valence-electron chi connectivity index (χ3n) is 1.98. The van der Waals surface area contributed by atoms with Gasteiger partial charge in [-0.1, -0.05) is 30.9 Å². The lowest BCUT2D eigenvalue weighted by atomic mass is 10.3. The number of aromatic nitrogens is 1. The summed E-state index contributed by atoms with van der Waals surface area (Å²) in [4.78, 5) is 4.15. The summed E-state index contributed by atoms with van der Waals surface area (Å²) in [6.45, 7) is 3.71. The quantitative estimate of drug-likeness (QED) is 0.751. The summed E-state index contributed by atoms with van der Waals surface area (Å²) in [5, 5.41) is 0. The Labute approximate surface area is 88.9 Å². The third kappa shape index (κ3) is 2.23. The molecule has 0 radical (unpaired) electrons. The second-order valence-corrected chi connectivity index (χ2v) is 3.02. The minimum atomic E-state index is 0.582. The van der Waals surface area contributed by atoms with Crippen LogP contribution in [-0.2, 0) is 0 Å². The maximum atomic E-state index is 5.62. The van der Waals surface area contributed by atoms with Crippen LogP contribution < -0.4 is 4.74 Å². The normalized spacial score (nSPS) is 9.60. The molecule has 0 unspecified atom stereocenters. The molecule has 15 heavy (non-hydrogen) atoms. The van der Waals surface area contributed by atoms with E-state index in [0.29, 0.717) is 5.88 Å². The van der Waals surface area contributed by atoms with Crippen molar-refractivity contribution in [2.45, 2.75) is 0 Å². The number of hydrogen-bond acceptors (Lipinski definition) is 2. The smallest absolute Gasteiger partial charge is 0.226 e. The number of pyridine rings is 1. The fourth-order valence-electron chi connectivity index (χ4n) is 1.24. The predicted molar refractivity (Wildman–Crippen MR) is 60.8 cm³/mol. The number of ether oxygens (including phenoxy) is 1. The first-order chi connectivity index (χ1) is 7.40. The van der Waals surface area contributed by atoms with E-state index >= 15 is 0 Å². The Morgan fingerprint density at radius 2 is 1.87 bits per heavy atom. The highest BCUT2D eigenvalue weighted by Gasteiger charge is 2.01. The van der Waals surface area contributed by atoms with E-state index in [4.69, 9.17) is 4.74 Å². The Kier molecular flexibility index (Phi) is 2.79. The molecule has 1 aromatic carbocycles. The molecule has 2 heteroatoms. The minimum absolute atomic E-state index is 0.582. The number of rotatable bonds is 3. The van der Waals surface area contributed by atoms with Crippen molar-refractivity contribution in [2.24, 2.45) is 0 Å². The number of para-hydroxylation sites is 1. The van der Waals surface area contributed by atoms with Crippen LogP contribution in [0.25, 0.3) is 6.08 Å². The van der Waals surface area contributed by atoms with Crippen LogP contribution in [0.15, 0.2) is 55.2 Å². The van der Waals surface area contributed by atoms with Crippen molar-refractivity contribution in [3.05, 3.63) is 60.8 Å². The van der Waals surface area contributed by atoms with Crippen molar-refractivity contribution in [2.75, 3.05) is 0 Å². The van der Waals surface area contributed by atoms with Gasteiger partial charge in [-0.25, -0.2) is 4.98 Å². The second-order valence-electron chi connectivity index (χ2n) is 3.02. The number of nitrogens with zero attached hydrogens (tertiary/aromatic N) is 1. The fourth-order valence-corrected chi connectivity index (χ4v) is 1.24. The first-order valence-corrected chi connectivity index (χ1v) is 4.70. The van der Waals surface area contributed by atoms with Gasteiger partial charge >= 0.3 is 0 Å². The molecule has 1 heterocycles. The molecule has 0 aliphatic heterocycles. The summed E-state index contributed by atoms with van der Waals surface area (Å²) in [6, 6.07) is 13.3. The van der Waals surface area contributed by atoms with Crippen LogP contribution in [0.5, 0.6) is 11.6 Å². The number of benzene rings is 1. The molecular weight excluding hydrogens is 186 g/mol. The standard InChI is InChI=1S/C13H11NO/c1-2-11-7-6-10-14-13(11)15-12-8-4-3-5-9-12/h2-10H,1H2. The lowest BCUT2D eigenvalue weighted by Gasteiger charge is -2.06. The number of hydrogen-bond donors (Lipinski definition) is 0. The largest absolute Gasteiger partial charge is 0.438 e. The van der Waals surface area contributed by atoms with E-state index in [-0.39, 0.29) is 0 Å². The van der Waals surface area contributed by atoms with Gasteiger partial charge in [0.2, 0.25) is 5.88 Å². The summed E-state index contributed by atoms with van der Waals surface area (Å²) >= 11 is 0. The monoisotopic (exact) mass is 197 g/mol. The van der Waals surface area contributed by atoms with Crippen molar-refractivity contribution in [3.8, 4) is 11.6 Å². The van der Waals surface area contributed by atoms with Gasteiger partial charge in [0.05, 0.1) is 0 Å². The molecule has 0 spiro atoms. The molecule has 0 aliphatic rings. The zero-order chi connectivity index (χ0) is 10.5. The van der Waals surface area contributed by atoms with E-state index in [0.717, 1.165) is 11.3 Å². The third-order valence-corrected chi connectivity index (χ3v) is 1.98. The first-order valence-electron chi connectivity index (χ1n) is 4.70. The average molecular weight is 197 g/mol. The summed E-state index contributed by atoms with van der Waals surface area (Å²) in [6.07, 6.45) is 3.43. The van der Waals surface area contributed by atoms with Crippen LogP contribution in [0.1, 0.15) is 5.56 Å². The highest BCUT2D eigenvalue weighted by Crippen LogP contribution is 2.22. The van der Waals surface area contributed by atoms with Crippen LogP contribution in [0.4, 0.5) is 0 Å². The summed E-state index contributed by atoms with van der Waals surface area (Å²) < 4.78 is 5.62. The molecule has 2 nitrogen and oxygen atoms in total. The molecule has 0 amide bonds. The van der Waals surface area contributed by atoms with Crippen LogP contribution in [0.3, 0.4) is 0 Å². The Morgan fingerprint density at radius 3 is 2.60 bits per heavy atom. The highest BCUT2D eigenvalue weighted by molar-refractivity contribution is 5.53. The second kappa shape index (κ2) is 4.42. The molecule has 74 valence electrons. The van der Waals surface area contributed by atoms with Crippen molar-refractivity contribution in [1.29, 1.82) is 0 Å². The van der Waals surface area contributed by atoms with Gasteiger partial charge in [-0.3, -0.25) is 0 Å². The van der Waals surface area contributed by atoms with E-state index in [2.05, 4.69) is 11.6 Å². The van der Waals surface area contributed by atoms with Crippen LogP contribution in [0.2, 0.25) is 0 Å². The van der Waals surface area contributed by atoms with Crippen LogP contribution in [-0.4, -0.2) is 4.98 Å². The Morgan fingerprint density at radius 1 is 1.07 bits per heavy atom. The summed E-state index contributed by atoms with van der Waals surface area (Å²) in [5.41, 5.74) is 0.890. The van der Waals surface area contributed by atoms with Gasteiger partial charge in [-0.05, 0) is 24.3 Å². The van der Waals surface area contributed by atoms with Gasteiger partial charge in [0, 0.05) is 11.8 Å². The highest BCUT2D eigenvalue weighted by atomic mass is 16.5. The van der Waals surface area contributed by atoms with E-state index < -0.39 is 0 Å². The molecule has 0 saturated heterocycles. The van der Waals surface area contributed by atoms with E-state index in [1.54, 1.807) is 12.3 Å². The zero-order valence-electron chi connectivity index (χ0n) is 8.26. The molecule has 0 saturated carbocycles. The predicted octanol–water partition coefficient (Wildman–Crippen LogP) is 3.52.